The molecule has 4 nitrogen and oxygen atoms in total. The lowest BCUT2D eigenvalue weighted by molar-refractivity contribution is 0.284. The standard InChI is InChI=1S/C21H16BrCl4NO3/c1-29-19-5-11(9-27-12-6-17(25)21(28)18(26)7-12)14(22)8-20(19)30-10-13-15(23)3-2-4-16(13)24/h2-8,27-28H,9-10H2,1H3. The first kappa shape index (κ1) is 23.2. The zero-order valence-corrected chi connectivity index (χ0v) is 20.2. The number of phenolic OH excluding ortho intramolecular Hbond substituents is 1. The molecule has 0 aliphatic carbocycles. The van der Waals surface area contributed by atoms with Crippen molar-refractivity contribution in [1.29, 1.82) is 0 Å². The van der Waals surface area contributed by atoms with E-state index in [0.29, 0.717) is 39.3 Å². The normalized spacial score (nSPS) is 10.7. The lowest BCUT2D eigenvalue weighted by Crippen LogP contribution is -2.03. The summed E-state index contributed by atoms with van der Waals surface area (Å²) < 4.78 is 12.2. The fourth-order valence-corrected chi connectivity index (χ4v) is 4.13. The summed E-state index contributed by atoms with van der Waals surface area (Å²) in [7, 11) is 1.56. The van der Waals surface area contributed by atoms with Gasteiger partial charge in [0.1, 0.15) is 6.61 Å². The van der Waals surface area contributed by atoms with Gasteiger partial charge in [0.2, 0.25) is 0 Å². The molecule has 0 atom stereocenters. The smallest absolute Gasteiger partial charge is 0.162 e. The summed E-state index contributed by atoms with van der Waals surface area (Å²) in [6, 6.07) is 12.2. The van der Waals surface area contributed by atoms with Gasteiger partial charge >= 0.3 is 0 Å². The molecule has 0 aliphatic heterocycles. The molecule has 0 aliphatic rings. The fraction of sp³-hybridized carbons (Fsp3) is 0.143. The van der Waals surface area contributed by atoms with E-state index in [2.05, 4.69) is 21.2 Å². The van der Waals surface area contributed by atoms with Crippen molar-refractivity contribution in [1.82, 2.24) is 0 Å². The van der Waals surface area contributed by atoms with Crippen LogP contribution in [-0.2, 0) is 13.2 Å². The topological polar surface area (TPSA) is 50.7 Å². The van der Waals surface area contributed by atoms with Crippen LogP contribution in [0.5, 0.6) is 17.2 Å². The van der Waals surface area contributed by atoms with Gasteiger partial charge in [-0.05, 0) is 42.0 Å². The number of ether oxygens (including phenoxy) is 2. The Kier molecular flexibility index (Phi) is 7.88. The molecule has 9 heteroatoms. The van der Waals surface area contributed by atoms with Crippen molar-refractivity contribution in [3.8, 4) is 17.2 Å². The van der Waals surface area contributed by atoms with Crippen LogP contribution in [0.2, 0.25) is 20.1 Å². The summed E-state index contributed by atoms with van der Waals surface area (Å²) in [6.07, 6.45) is 0. The minimum Gasteiger partial charge on any atom is -0.505 e. The Morgan fingerprint density at radius 2 is 1.57 bits per heavy atom. The monoisotopic (exact) mass is 549 g/mol. The number of rotatable bonds is 7. The first-order valence-corrected chi connectivity index (χ1v) is 10.9. The van der Waals surface area contributed by atoms with Gasteiger partial charge < -0.3 is 19.9 Å². The van der Waals surface area contributed by atoms with E-state index in [1.54, 1.807) is 37.4 Å². The zero-order valence-electron chi connectivity index (χ0n) is 15.6. The minimum atomic E-state index is -0.146. The third-order valence-corrected chi connectivity index (χ3v) is 6.29. The number of phenols is 1. The maximum Gasteiger partial charge on any atom is 0.162 e. The van der Waals surface area contributed by atoms with Crippen LogP contribution in [0.1, 0.15) is 11.1 Å². The molecule has 3 rings (SSSR count). The number of methoxy groups -OCH3 is 1. The molecule has 158 valence electrons. The Labute approximate surface area is 202 Å². The zero-order chi connectivity index (χ0) is 21.8. The highest BCUT2D eigenvalue weighted by atomic mass is 79.9. The molecule has 0 saturated heterocycles. The summed E-state index contributed by atoms with van der Waals surface area (Å²) in [5, 5.41) is 14.3. The molecule has 0 amide bonds. The van der Waals surface area contributed by atoms with Crippen molar-refractivity contribution < 1.29 is 14.6 Å². The van der Waals surface area contributed by atoms with Crippen LogP contribution in [0, 0.1) is 0 Å². The first-order chi connectivity index (χ1) is 14.3. The second-order valence-corrected chi connectivity index (χ2v) is 8.71. The number of anilines is 1. The van der Waals surface area contributed by atoms with E-state index in [4.69, 9.17) is 55.9 Å². The largest absolute Gasteiger partial charge is 0.505 e. The van der Waals surface area contributed by atoms with Gasteiger partial charge in [0.15, 0.2) is 17.2 Å². The second-order valence-electron chi connectivity index (χ2n) is 6.23. The molecular formula is C21H16BrCl4NO3. The van der Waals surface area contributed by atoms with Crippen LogP contribution in [0.25, 0.3) is 0 Å². The lowest BCUT2D eigenvalue weighted by Gasteiger charge is -2.16. The predicted molar refractivity (Wildman–Crippen MR) is 127 cm³/mol. The van der Waals surface area contributed by atoms with Crippen LogP contribution in [-0.4, -0.2) is 12.2 Å². The van der Waals surface area contributed by atoms with Crippen LogP contribution >= 0.6 is 62.3 Å². The van der Waals surface area contributed by atoms with E-state index >= 15 is 0 Å². The molecule has 0 bridgehead atoms. The van der Waals surface area contributed by atoms with Gasteiger partial charge in [0.05, 0.1) is 17.2 Å². The van der Waals surface area contributed by atoms with Gasteiger partial charge in [-0.3, -0.25) is 0 Å². The maximum atomic E-state index is 9.68. The summed E-state index contributed by atoms with van der Waals surface area (Å²) in [5.41, 5.74) is 2.28. The van der Waals surface area contributed by atoms with Crippen molar-refractivity contribution in [2.24, 2.45) is 0 Å². The van der Waals surface area contributed by atoms with Gasteiger partial charge in [-0.25, -0.2) is 0 Å². The molecule has 0 fully saturated rings. The van der Waals surface area contributed by atoms with Gasteiger partial charge in [-0.15, -0.1) is 0 Å². The summed E-state index contributed by atoms with van der Waals surface area (Å²) >= 11 is 27.9. The average molecular weight is 552 g/mol. The first-order valence-electron chi connectivity index (χ1n) is 8.64. The number of aromatic hydroxyl groups is 1. The Hall–Kier alpha value is -1.50. The molecule has 2 N–H and O–H groups in total. The summed E-state index contributed by atoms with van der Waals surface area (Å²) in [6.45, 7) is 0.647. The molecule has 30 heavy (non-hydrogen) atoms. The van der Waals surface area contributed by atoms with E-state index in [1.165, 1.54) is 0 Å². The highest BCUT2D eigenvalue weighted by Crippen LogP contribution is 2.37. The van der Waals surface area contributed by atoms with Crippen LogP contribution < -0.4 is 14.8 Å². The number of hydrogen-bond acceptors (Lipinski definition) is 4. The molecular weight excluding hydrogens is 536 g/mol. The molecule has 0 saturated carbocycles. The SMILES string of the molecule is COc1cc(CNc2cc(Cl)c(O)c(Cl)c2)c(Br)cc1OCc1c(Cl)cccc1Cl. The van der Waals surface area contributed by atoms with E-state index in [-0.39, 0.29) is 22.4 Å². The van der Waals surface area contributed by atoms with Crippen molar-refractivity contribution in [2.45, 2.75) is 13.2 Å². The molecule has 3 aromatic rings. The number of halogens is 5. The van der Waals surface area contributed by atoms with Crippen molar-refractivity contribution in [3.63, 3.8) is 0 Å². The van der Waals surface area contributed by atoms with E-state index < -0.39 is 0 Å². The van der Waals surface area contributed by atoms with E-state index in [1.807, 2.05) is 12.1 Å². The van der Waals surface area contributed by atoms with E-state index in [0.717, 1.165) is 10.0 Å². The quantitative estimate of drug-likeness (QED) is 0.292. The van der Waals surface area contributed by atoms with Crippen molar-refractivity contribution in [2.75, 3.05) is 12.4 Å². The molecule has 0 heterocycles. The third kappa shape index (κ3) is 5.40. The Morgan fingerprint density at radius 1 is 0.933 bits per heavy atom. The van der Waals surface area contributed by atoms with Gasteiger partial charge in [0, 0.05) is 32.3 Å². The number of hydrogen-bond donors (Lipinski definition) is 2. The van der Waals surface area contributed by atoms with E-state index in [9.17, 15) is 5.11 Å². The van der Waals surface area contributed by atoms with Gasteiger partial charge in [-0.1, -0.05) is 68.4 Å². The lowest BCUT2D eigenvalue weighted by atomic mass is 10.2. The maximum absolute atomic E-state index is 9.68. The van der Waals surface area contributed by atoms with Crippen LogP contribution in [0.15, 0.2) is 46.9 Å². The van der Waals surface area contributed by atoms with Crippen LogP contribution in [0.4, 0.5) is 5.69 Å². The highest BCUT2D eigenvalue weighted by Gasteiger charge is 2.13. The van der Waals surface area contributed by atoms with Crippen LogP contribution in [0.3, 0.4) is 0 Å². The summed E-state index contributed by atoms with van der Waals surface area (Å²) in [4.78, 5) is 0. The third-order valence-electron chi connectivity index (χ3n) is 4.27. The molecule has 0 radical (unpaired) electrons. The number of nitrogens with one attached hydrogen (secondary N) is 1. The molecule has 0 aromatic heterocycles. The highest BCUT2D eigenvalue weighted by molar-refractivity contribution is 9.10. The minimum absolute atomic E-state index is 0.146. The molecule has 0 unspecified atom stereocenters. The average Bonchev–Trinajstić information content (AvgIpc) is 2.70. The van der Waals surface area contributed by atoms with Gasteiger partial charge in [0.25, 0.3) is 0 Å². The fourth-order valence-electron chi connectivity index (χ4n) is 2.67. The summed E-state index contributed by atoms with van der Waals surface area (Å²) in [5.74, 6) is 0.951. The van der Waals surface area contributed by atoms with Gasteiger partial charge in [-0.2, -0.15) is 0 Å². The Morgan fingerprint density at radius 3 is 2.17 bits per heavy atom. The number of benzene rings is 3. The Bertz CT molecular complexity index is 1040. The van der Waals surface area contributed by atoms with Crippen molar-refractivity contribution >= 4 is 68.0 Å². The molecule has 3 aromatic carbocycles. The Balaban J connectivity index is 1.77. The predicted octanol–water partition coefficient (Wildman–Crippen LogP) is 7.97. The van der Waals surface area contributed by atoms with Crippen molar-refractivity contribution in [3.05, 3.63) is 78.2 Å². The molecule has 0 spiro atoms. The second kappa shape index (κ2) is 10.2.